The summed E-state index contributed by atoms with van der Waals surface area (Å²) in [5.41, 5.74) is 1.22. The van der Waals surface area contributed by atoms with E-state index >= 15 is 0 Å². The molecule has 0 saturated carbocycles. The number of ether oxygens (including phenoxy) is 1. The average Bonchev–Trinajstić information content (AvgIpc) is 2.29. The third kappa shape index (κ3) is 1.98. The Morgan fingerprint density at radius 1 is 1.47 bits per heavy atom. The molecule has 0 fully saturated rings. The fourth-order valence-corrected chi connectivity index (χ4v) is 2.12. The van der Waals surface area contributed by atoms with Crippen LogP contribution in [0.3, 0.4) is 0 Å². The van der Waals surface area contributed by atoms with E-state index in [4.69, 9.17) is 9.84 Å². The first-order chi connectivity index (χ1) is 8.04. The molecule has 1 N–H and O–H groups in total. The van der Waals surface area contributed by atoms with Crippen LogP contribution in [-0.2, 0) is 0 Å². The monoisotopic (exact) mass is 295 g/mol. The first kappa shape index (κ1) is 11.9. The number of carboxylic acids is 1. The van der Waals surface area contributed by atoms with Crippen LogP contribution in [0.1, 0.15) is 16.1 Å². The molecule has 5 heteroatoms. The largest absolute Gasteiger partial charge is 0.494 e. The van der Waals surface area contributed by atoms with Gasteiger partial charge in [0.1, 0.15) is 11.3 Å². The van der Waals surface area contributed by atoms with Crippen LogP contribution in [0.2, 0.25) is 0 Å². The smallest absolute Gasteiger partial charge is 0.354 e. The van der Waals surface area contributed by atoms with E-state index in [1.807, 2.05) is 6.07 Å². The second-order valence-electron chi connectivity index (χ2n) is 3.60. The number of hydrogen-bond donors (Lipinski definition) is 1. The maximum atomic E-state index is 11.0. The van der Waals surface area contributed by atoms with Crippen molar-refractivity contribution < 1.29 is 14.6 Å². The number of pyridine rings is 1. The van der Waals surface area contributed by atoms with Gasteiger partial charge in [-0.3, -0.25) is 0 Å². The van der Waals surface area contributed by atoms with Gasteiger partial charge in [0.25, 0.3) is 0 Å². The van der Waals surface area contributed by atoms with E-state index in [0.717, 1.165) is 9.86 Å². The number of aromatic nitrogens is 1. The molecule has 0 bridgehead atoms. The van der Waals surface area contributed by atoms with E-state index in [9.17, 15) is 4.79 Å². The lowest BCUT2D eigenvalue weighted by Crippen LogP contribution is -2.04. The molecule has 0 spiro atoms. The highest BCUT2D eigenvalue weighted by Crippen LogP contribution is 2.31. The quantitative estimate of drug-likeness (QED) is 0.925. The van der Waals surface area contributed by atoms with Crippen LogP contribution in [0, 0.1) is 6.92 Å². The molecule has 0 aliphatic rings. The predicted molar refractivity (Wildman–Crippen MR) is 67.7 cm³/mol. The summed E-state index contributed by atoms with van der Waals surface area (Å²) in [4.78, 5) is 15.2. The highest BCUT2D eigenvalue weighted by molar-refractivity contribution is 9.10. The number of fused-ring (bicyclic) bond motifs is 1. The van der Waals surface area contributed by atoms with Crippen LogP contribution in [0.5, 0.6) is 5.75 Å². The van der Waals surface area contributed by atoms with E-state index in [2.05, 4.69) is 20.9 Å². The number of carboxylic acid groups (broad SMARTS) is 1. The summed E-state index contributed by atoms with van der Waals surface area (Å²) in [5, 5.41) is 9.88. The number of benzene rings is 1. The molecule has 0 aliphatic heterocycles. The topological polar surface area (TPSA) is 59.4 Å². The normalized spacial score (nSPS) is 10.5. The molecule has 0 amide bonds. The lowest BCUT2D eigenvalue weighted by Gasteiger charge is -2.09. The summed E-state index contributed by atoms with van der Waals surface area (Å²) in [6.45, 7) is 1.72. The molecular formula is C12H10BrNO3. The molecule has 4 nitrogen and oxygen atoms in total. The summed E-state index contributed by atoms with van der Waals surface area (Å²) in [6, 6.07) is 5.39. The third-order valence-electron chi connectivity index (χ3n) is 2.51. The fourth-order valence-electron chi connectivity index (χ4n) is 1.68. The lowest BCUT2D eigenvalue weighted by atomic mass is 10.1. The van der Waals surface area contributed by atoms with Crippen molar-refractivity contribution in [1.29, 1.82) is 0 Å². The standard InChI is InChI=1S/C12H10BrNO3/c1-6-5-7-8(13)3-4-9(17-2)11(7)14-10(6)12(15)16/h3-5H,1-2H3,(H,15,16). The molecule has 0 atom stereocenters. The zero-order chi connectivity index (χ0) is 12.6. The Bertz CT molecular complexity index is 610. The number of rotatable bonds is 2. The zero-order valence-electron chi connectivity index (χ0n) is 9.32. The van der Waals surface area contributed by atoms with Gasteiger partial charge >= 0.3 is 5.97 Å². The Morgan fingerprint density at radius 2 is 2.18 bits per heavy atom. The van der Waals surface area contributed by atoms with E-state index in [1.165, 1.54) is 7.11 Å². The minimum Gasteiger partial charge on any atom is -0.494 e. The maximum Gasteiger partial charge on any atom is 0.354 e. The molecule has 88 valence electrons. The van der Waals surface area contributed by atoms with Crippen molar-refractivity contribution in [1.82, 2.24) is 4.98 Å². The van der Waals surface area contributed by atoms with Crippen molar-refractivity contribution in [2.75, 3.05) is 7.11 Å². The molecule has 2 rings (SSSR count). The Kier molecular flexibility index (Phi) is 3.02. The van der Waals surface area contributed by atoms with Crippen LogP contribution in [0.4, 0.5) is 0 Å². The molecule has 2 aromatic rings. The van der Waals surface area contributed by atoms with Gasteiger partial charge in [-0.15, -0.1) is 0 Å². The van der Waals surface area contributed by atoms with Crippen LogP contribution < -0.4 is 4.74 Å². The summed E-state index contributed by atoms with van der Waals surface area (Å²) >= 11 is 3.41. The first-order valence-electron chi connectivity index (χ1n) is 4.91. The van der Waals surface area contributed by atoms with Crippen molar-refractivity contribution in [3.8, 4) is 5.75 Å². The second kappa shape index (κ2) is 4.33. The molecule has 0 saturated heterocycles. The van der Waals surface area contributed by atoms with Gasteiger partial charge in [-0.2, -0.15) is 0 Å². The van der Waals surface area contributed by atoms with Gasteiger partial charge in [0.15, 0.2) is 5.69 Å². The number of carbonyl (C=O) groups is 1. The van der Waals surface area contributed by atoms with Crippen LogP contribution in [0.25, 0.3) is 10.9 Å². The number of methoxy groups -OCH3 is 1. The Balaban J connectivity index is 2.87. The Labute approximate surface area is 106 Å². The van der Waals surface area contributed by atoms with Gasteiger partial charge in [0.2, 0.25) is 0 Å². The number of aryl methyl sites for hydroxylation is 1. The molecule has 17 heavy (non-hydrogen) atoms. The van der Waals surface area contributed by atoms with Crippen LogP contribution in [0.15, 0.2) is 22.7 Å². The van der Waals surface area contributed by atoms with E-state index in [1.54, 1.807) is 19.1 Å². The van der Waals surface area contributed by atoms with Gasteiger partial charge in [0.05, 0.1) is 7.11 Å². The highest BCUT2D eigenvalue weighted by Gasteiger charge is 2.14. The minimum absolute atomic E-state index is 0.0499. The van der Waals surface area contributed by atoms with Gasteiger partial charge in [-0.05, 0) is 30.7 Å². The van der Waals surface area contributed by atoms with Crippen molar-refractivity contribution in [2.45, 2.75) is 6.92 Å². The number of aromatic carboxylic acids is 1. The van der Waals surface area contributed by atoms with Crippen LogP contribution in [-0.4, -0.2) is 23.2 Å². The molecule has 1 aromatic heterocycles. The second-order valence-corrected chi connectivity index (χ2v) is 4.46. The summed E-state index contributed by atoms with van der Waals surface area (Å²) in [6.07, 6.45) is 0. The van der Waals surface area contributed by atoms with Gasteiger partial charge in [0, 0.05) is 9.86 Å². The third-order valence-corrected chi connectivity index (χ3v) is 3.20. The Morgan fingerprint density at radius 3 is 2.76 bits per heavy atom. The van der Waals surface area contributed by atoms with E-state index in [0.29, 0.717) is 16.8 Å². The first-order valence-corrected chi connectivity index (χ1v) is 5.71. The predicted octanol–water partition coefficient (Wildman–Crippen LogP) is 3.01. The number of hydrogen-bond acceptors (Lipinski definition) is 3. The van der Waals surface area contributed by atoms with Crippen LogP contribution >= 0.6 is 15.9 Å². The molecule has 0 unspecified atom stereocenters. The maximum absolute atomic E-state index is 11.0. The van der Waals surface area contributed by atoms with Gasteiger partial charge in [-0.1, -0.05) is 15.9 Å². The number of halogens is 1. The van der Waals surface area contributed by atoms with E-state index < -0.39 is 5.97 Å². The van der Waals surface area contributed by atoms with Crippen molar-refractivity contribution in [3.63, 3.8) is 0 Å². The summed E-state index contributed by atoms with van der Waals surface area (Å²) < 4.78 is 6.04. The van der Waals surface area contributed by atoms with Crippen molar-refractivity contribution >= 4 is 32.8 Å². The average molecular weight is 296 g/mol. The molecule has 1 heterocycles. The number of nitrogens with zero attached hydrogens (tertiary/aromatic N) is 1. The molecule has 0 radical (unpaired) electrons. The fraction of sp³-hybridized carbons (Fsp3) is 0.167. The van der Waals surface area contributed by atoms with E-state index in [-0.39, 0.29) is 5.69 Å². The summed E-state index contributed by atoms with van der Waals surface area (Å²) in [7, 11) is 1.53. The summed E-state index contributed by atoms with van der Waals surface area (Å²) in [5.74, 6) is -0.475. The highest BCUT2D eigenvalue weighted by atomic mass is 79.9. The van der Waals surface area contributed by atoms with Gasteiger partial charge < -0.3 is 9.84 Å². The van der Waals surface area contributed by atoms with Crippen molar-refractivity contribution in [3.05, 3.63) is 33.9 Å². The van der Waals surface area contributed by atoms with Crippen molar-refractivity contribution in [2.24, 2.45) is 0 Å². The molecular weight excluding hydrogens is 286 g/mol. The SMILES string of the molecule is COc1ccc(Br)c2cc(C)c(C(=O)O)nc12. The molecule has 1 aromatic carbocycles. The zero-order valence-corrected chi connectivity index (χ0v) is 10.9. The minimum atomic E-state index is -1.04. The molecule has 0 aliphatic carbocycles. The van der Waals surface area contributed by atoms with Gasteiger partial charge in [-0.25, -0.2) is 9.78 Å². The lowest BCUT2D eigenvalue weighted by molar-refractivity contribution is 0.0690. The Hall–Kier alpha value is -1.62.